The minimum absolute atomic E-state index is 0.0635. The highest BCUT2D eigenvalue weighted by Crippen LogP contribution is 2.37. The van der Waals surface area contributed by atoms with E-state index >= 15 is 0 Å². The number of carbonyl (C=O) groups excluding carboxylic acids is 2. The van der Waals surface area contributed by atoms with E-state index in [1.165, 1.54) is 0 Å². The fourth-order valence-corrected chi connectivity index (χ4v) is 4.10. The molecule has 0 unspecified atom stereocenters. The number of hydrogen-bond donors (Lipinski definition) is 0. The maximum Gasteiger partial charge on any atom is 0.233 e. The van der Waals surface area contributed by atoms with Crippen LogP contribution in [0.1, 0.15) is 30.9 Å². The Balaban J connectivity index is 1.88. The van der Waals surface area contributed by atoms with Crippen LogP contribution in [-0.4, -0.2) is 41.8 Å². The number of halogens is 1. The average molecular weight is 385 g/mol. The van der Waals surface area contributed by atoms with Gasteiger partial charge in [0.05, 0.1) is 5.41 Å². The van der Waals surface area contributed by atoms with Crippen molar-refractivity contribution in [1.29, 1.82) is 0 Å². The zero-order chi connectivity index (χ0) is 19.4. The lowest BCUT2D eigenvalue weighted by molar-refractivity contribution is -0.141. The number of carbonyl (C=O) groups is 2. The quantitative estimate of drug-likeness (QED) is 0.802. The van der Waals surface area contributed by atoms with Gasteiger partial charge in [0, 0.05) is 38.6 Å². The van der Waals surface area contributed by atoms with Crippen molar-refractivity contribution in [3.05, 3.63) is 70.7 Å². The van der Waals surface area contributed by atoms with Crippen molar-refractivity contribution in [3.63, 3.8) is 0 Å². The van der Waals surface area contributed by atoms with Crippen molar-refractivity contribution in [2.45, 2.75) is 31.7 Å². The van der Waals surface area contributed by atoms with Crippen molar-refractivity contribution in [2.75, 3.05) is 20.1 Å². The zero-order valence-electron chi connectivity index (χ0n) is 15.8. The van der Waals surface area contributed by atoms with Crippen LogP contribution in [0.3, 0.4) is 0 Å². The number of piperidine rings is 1. The van der Waals surface area contributed by atoms with Crippen LogP contribution in [-0.2, 0) is 21.5 Å². The highest BCUT2D eigenvalue weighted by Gasteiger charge is 2.44. The molecule has 142 valence electrons. The van der Waals surface area contributed by atoms with E-state index < -0.39 is 5.41 Å². The van der Waals surface area contributed by atoms with Crippen molar-refractivity contribution in [3.8, 4) is 0 Å². The van der Waals surface area contributed by atoms with Gasteiger partial charge in [-0.05, 0) is 30.0 Å². The summed E-state index contributed by atoms with van der Waals surface area (Å²) in [4.78, 5) is 28.9. The fraction of sp³-hybridized carbons (Fsp3) is 0.364. The third kappa shape index (κ3) is 4.01. The van der Waals surface area contributed by atoms with Crippen LogP contribution in [0.5, 0.6) is 0 Å². The van der Waals surface area contributed by atoms with Crippen molar-refractivity contribution in [2.24, 2.45) is 0 Å². The Morgan fingerprint density at radius 1 is 1.04 bits per heavy atom. The van der Waals surface area contributed by atoms with Gasteiger partial charge in [0.2, 0.25) is 11.8 Å². The normalized spacial score (nSPS) is 16.0. The van der Waals surface area contributed by atoms with Gasteiger partial charge in [0.25, 0.3) is 0 Å². The van der Waals surface area contributed by atoms with E-state index in [4.69, 9.17) is 11.6 Å². The van der Waals surface area contributed by atoms with Gasteiger partial charge in [-0.3, -0.25) is 9.59 Å². The molecule has 2 amide bonds. The van der Waals surface area contributed by atoms with Crippen LogP contribution in [0.25, 0.3) is 0 Å². The number of nitrogens with zero attached hydrogens (tertiary/aromatic N) is 2. The maximum absolute atomic E-state index is 13.6. The van der Waals surface area contributed by atoms with Crippen LogP contribution >= 0.6 is 11.6 Å². The summed E-state index contributed by atoms with van der Waals surface area (Å²) in [6.07, 6.45) is 1.25. The molecule has 5 heteroatoms. The van der Waals surface area contributed by atoms with Crippen LogP contribution < -0.4 is 0 Å². The zero-order valence-corrected chi connectivity index (χ0v) is 16.6. The van der Waals surface area contributed by atoms with Gasteiger partial charge in [-0.1, -0.05) is 60.1 Å². The Labute approximate surface area is 165 Å². The van der Waals surface area contributed by atoms with Gasteiger partial charge in [0.1, 0.15) is 0 Å². The fourth-order valence-electron chi connectivity index (χ4n) is 3.91. The second-order valence-electron chi connectivity index (χ2n) is 7.21. The molecule has 1 heterocycles. The van der Waals surface area contributed by atoms with Crippen molar-refractivity contribution in [1.82, 2.24) is 9.80 Å². The van der Waals surface area contributed by atoms with E-state index in [2.05, 4.69) is 0 Å². The SMILES string of the molecule is CC(=O)N1CCC(C(=O)N(C)Cc2ccccc2Cl)(c2ccccc2)CC1. The summed E-state index contributed by atoms with van der Waals surface area (Å²) in [5.74, 6) is 0.144. The van der Waals surface area contributed by atoms with Crippen LogP contribution in [0.2, 0.25) is 5.02 Å². The summed E-state index contributed by atoms with van der Waals surface area (Å²) in [6.45, 7) is 3.23. The highest BCUT2D eigenvalue weighted by molar-refractivity contribution is 6.31. The first kappa shape index (κ1) is 19.4. The third-order valence-electron chi connectivity index (χ3n) is 5.51. The molecular weight excluding hydrogens is 360 g/mol. The lowest BCUT2D eigenvalue weighted by Gasteiger charge is -2.42. The van der Waals surface area contributed by atoms with Gasteiger partial charge in [-0.15, -0.1) is 0 Å². The van der Waals surface area contributed by atoms with Crippen LogP contribution in [0.4, 0.5) is 0 Å². The largest absolute Gasteiger partial charge is 0.343 e. The van der Waals surface area contributed by atoms with E-state index in [1.54, 1.807) is 11.8 Å². The Hall–Kier alpha value is -2.33. The van der Waals surface area contributed by atoms with E-state index in [9.17, 15) is 9.59 Å². The molecule has 0 N–H and O–H groups in total. The summed E-state index contributed by atoms with van der Waals surface area (Å²) < 4.78 is 0. The Morgan fingerprint density at radius 3 is 2.22 bits per heavy atom. The molecule has 0 aromatic heterocycles. The molecular formula is C22H25ClN2O2. The molecule has 1 aliphatic rings. The summed E-state index contributed by atoms with van der Waals surface area (Å²) in [5, 5.41) is 0.664. The molecule has 4 nitrogen and oxygen atoms in total. The van der Waals surface area contributed by atoms with E-state index in [0.717, 1.165) is 11.1 Å². The number of amides is 2. The first-order chi connectivity index (χ1) is 12.9. The molecule has 27 heavy (non-hydrogen) atoms. The molecule has 2 aromatic carbocycles. The number of likely N-dealkylation sites (N-methyl/N-ethyl adjacent to an activating group) is 1. The highest BCUT2D eigenvalue weighted by atomic mass is 35.5. The Bertz CT molecular complexity index is 814. The molecule has 0 aliphatic carbocycles. The van der Waals surface area contributed by atoms with Crippen molar-refractivity contribution < 1.29 is 9.59 Å². The second kappa shape index (κ2) is 8.13. The first-order valence-corrected chi connectivity index (χ1v) is 9.62. The van der Waals surface area contributed by atoms with Gasteiger partial charge in [-0.25, -0.2) is 0 Å². The molecule has 3 rings (SSSR count). The average Bonchev–Trinajstić information content (AvgIpc) is 2.69. The predicted molar refractivity (Wildman–Crippen MR) is 108 cm³/mol. The number of hydrogen-bond acceptors (Lipinski definition) is 2. The molecule has 0 saturated carbocycles. The molecule has 0 spiro atoms. The molecule has 0 bridgehead atoms. The maximum atomic E-state index is 13.6. The number of rotatable bonds is 4. The molecule has 1 saturated heterocycles. The number of likely N-dealkylation sites (tertiary alicyclic amines) is 1. The molecule has 1 aliphatic heterocycles. The number of benzene rings is 2. The van der Waals surface area contributed by atoms with E-state index in [0.29, 0.717) is 37.5 Å². The summed E-state index contributed by atoms with van der Waals surface area (Å²) >= 11 is 6.28. The summed E-state index contributed by atoms with van der Waals surface area (Å²) in [7, 11) is 1.83. The monoisotopic (exact) mass is 384 g/mol. The smallest absolute Gasteiger partial charge is 0.233 e. The first-order valence-electron chi connectivity index (χ1n) is 9.24. The summed E-state index contributed by atoms with van der Waals surface area (Å²) in [5.41, 5.74) is 1.34. The van der Waals surface area contributed by atoms with Gasteiger partial charge in [-0.2, -0.15) is 0 Å². The van der Waals surface area contributed by atoms with E-state index in [1.807, 2.05) is 66.5 Å². The van der Waals surface area contributed by atoms with Crippen LogP contribution in [0.15, 0.2) is 54.6 Å². The minimum Gasteiger partial charge on any atom is -0.343 e. The molecule has 2 aromatic rings. The Morgan fingerprint density at radius 2 is 1.63 bits per heavy atom. The third-order valence-corrected chi connectivity index (χ3v) is 5.88. The molecule has 0 radical (unpaired) electrons. The summed E-state index contributed by atoms with van der Waals surface area (Å²) in [6, 6.07) is 17.5. The molecule has 0 atom stereocenters. The molecule has 1 fully saturated rings. The second-order valence-corrected chi connectivity index (χ2v) is 7.61. The van der Waals surface area contributed by atoms with Crippen molar-refractivity contribution >= 4 is 23.4 Å². The van der Waals surface area contributed by atoms with Crippen LogP contribution in [0, 0.1) is 0 Å². The van der Waals surface area contributed by atoms with Gasteiger partial charge in [0.15, 0.2) is 0 Å². The minimum atomic E-state index is -0.608. The lowest BCUT2D eigenvalue weighted by atomic mass is 9.71. The lowest BCUT2D eigenvalue weighted by Crippen LogP contribution is -2.52. The van der Waals surface area contributed by atoms with Gasteiger partial charge >= 0.3 is 0 Å². The van der Waals surface area contributed by atoms with Gasteiger partial charge < -0.3 is 9.80 Å². The predicted octanol–water partition coefficient (Wildman–Crippen LogP) is 3.88. The topological polar surface area (TPSA) is 40.6 Å². The standard InChI is InChI=1S/C22H25ClN2O2/c1-17(26)25-14-12-22(13-15-25,19-9-4-3-5-10-19)21(27)24(2)16-18-8-6-7-11-20(18)23/h3-11H,12-16H2,1-2H3. The van der Waals surface area contributed by atoms with E-state index in [-0.39, 0.29) is 11.8 Å². The Kier molecular flexibility index (Phi) is 5.85.